The Bertz CT molecular complexity index is 380. The molecule has 0 radical (unpaired) electrons. The molecule has 0 saturated heterocycles. The monoisotopic (exact) mass is 252 g/mol. The lowest BCUT2D eigenvalue weighted by atomic mass is 10.2. The van der Waals surface area contributed by atoms with Crippen LogP contribution in [0.25, 0.3) is 0 Å². The van der Waals surface area contributed by atoms with E-state index in [1.165, 1.54) is 25.7 Å². The summed E-state index contributed by atoms with van der Waals surface area (Å²) in [6, 6.07) is 0.542. The number of guanidine groups is 1. The number of nitrogens with two attached hydrogens (primary N) is 1. The van der Waals surface area contributed by atoms with E-state index in [9.17, 15) is 0 Å². The number of nitrogens with one attached hydrogen (secondary N) is 1. The molecule has 0 aliphatic heterocycles. The van der Waals surface area contributed by atoms with Gasteiger partial charge in [0, 0.05) is 24.4 Å². The standard InChI is InChI=1S/C12H20N4S/c1-9-15-11(8-17-9)6-7-14-12(13)16-10-4-2-3-5-10/h8,10H,2-7H2,1H3,(H3,13,14,16). The second kappa shape index (κ2) is 6.00. The van der Waals surface area contributed by atoms with Crippen LogP contribution >= 0.6 is 11.3 Å². The zero-order chi connectivity index (χ0) is 12.1. The number of aliphatic imine (C=N–C) groups is 1. The van der Waals surface area contributed by atoms with Crippen molar-refractivity contribution in [2.24, 2.45) is 10.7 Å². The van der Waals surface area contributed by atoms with Gasteiger partial charge in [-0.1, -0.05) is 12.8 Å². The van der Waals surface area contributed by atoms with Gasteiger partial charge in [-0.05, 0) is 19.8 Å². The van der Waals surface area contributed by atoms with Crippen LogP contribution in [0.3, 0.4) is 0 Å². The molecule has 0 bridgehead atoms. The normalized spacial score (nSPS) is 17.6. The van der Waals surface area contributed by atoms with E-state index in [1.54, 1.807) is 11.3 Å². The Kier molecular flexibility index (Phi) is 4.36. The second-order valence-corrected chi connectivity index (χ2v) is 5.56. The molecule has 1 aliphatic rings. The van der Waals surface area contributed by atoms with E-state index < -0.39 is 0 Å². The first-order valence-corrected chi connectivity index (χ1v) is 7.09. The lowest BCUT2D eigenvalue weighted by Crippen LogP contribution is -2.38. The average molecular weight is 252 g/mol. The molecule has 1 heterocycles. The van der Waals surface area contributed by atoms with Crippen molar-refractivity contribution in [1.82, 2.24) is 10.3 Å². The molecule has 1 fully saturated rings. The van der Waals surface area contributed by atoms with Crippen LogP contribution in [0, 0.1) is 6.92 Å². The predicted octanol–water partition coefficient (Wildman–Crippen LogP) is 1.84. The Balaban J connectivity index is 1.72. The zero-order valence-corrected chi connectivity index (χ0v) is 11.1. The van der Waals surface area contributed by atoms with Gasteiger partial charge in [0.2, 0.25) is 0 Å². The van der Waals surface area contributed by atoms with Crippen molar-refractivity contribution in [3.63, 3.8) is 0 Å². The number of aromatic nitrogens is 1. The summed E-state index contributed by atoms with van der Waals surface area (Å²) < 4.78 is 0. The molecule has 5 heteroatoms. The first kappa shape index (κ1) is 12.4. The molecule has 2 rings (SSSR count). The summed E-state index contributed by atoms with van der Waals surface area (Å²) in [6.07, 6.45) is 5.94. The van der Waals surface area contributed by atoms with Crippen molar-refractivity contribution in [2.45, 2.75) is 45.1 Å². The molecule has 1 aromatic heterocycles. The largest absolute Gasteiger partial charge is 0.370 e. The van der Waals surface area contributed by atoms with Crippen LogP contribution in [0.5, 0.6) is 0 Å². The maximum Gasteiger partial charge on any atom is 0.188 e. The summed E-state index contributed by atoms with van der Waals surface area (Å²) in [4.78, 5) is 8.74. The van der Waals surface area contributed by atoms with Gasteiger partial charge in [0.1, 0.15) is 0 Å². The smallest absolute Gasteiger partial charge is 0.188 e. The molecule has 0 aromatic carbocycles. The van der Waals surface area contributed by atoms with Crippen molar-refractivity contribution in [2.75, 3.05) is 6.54 Å². The maximum atomic E-state index is 5.84. The molecule has 94 valence electrons. The van der Waals surface area contributed by atoms with Crippen molar-refractivity contribution in [3.05, 3.63) is 16.1 Å². The number of aryl methyl sites for hydroxylation is 1. The predicted molar refractivity (Wildman–Crippen MR) is 72.4 cm³/mol. The maximum absolute atomic E-state index is 5.84. The van der Waals surface area contributed by atoms with Gasteiger partial charge in [0.15, 0.2) is 5.96 Å². The highest BCUT2D eigenvalue weighted by atomic mass is 32.1. The zero-order valence-electron chi connectivity index (χ0n) is 10.3. The quantitative estimate of drug-likeness (QED) is 0.635. The van der Waals surface area contributed by atoms with Gasteiger partial charge in [-0.15, -0.1) is 11.3 Å². The molecule has 1 saturated carbocycles. The van der Waals surface area contributed by atoms with Crippen LogP contribution in [0.15, 0.2) is 10.4 Å². The van der Waals surface area contributed by atoms with Crippen molar-refractivity contribution >= 4 is 17.3 Å². The van der Waals surface area contributed by atoms with Gasteiger partial charge in [0.25, 0.3) is 0 Å². The minimum absolute atomic E-state index is 0.542. The third-order valence-electron chi connectivity index (χ3n) is 3.02. The Morgan fingerprint density at radius 1 is 1.59 bits per heavy atom. The van der Waals surface area contributed by atoms with E-state index in [-0.39, 0.29) is 0 Å². The van der Waals surface area contributed by atoms with Crippen LogP contribution in [-0.4, -0.2) is 23.5 Å². The first-order chi connectivity index (χ1) is 8.24. The summed E-state index contributed by atoms with van der Waals surface area (Å²) >= 11 is 1.68. The fourth-order valence-corrected chi connectivity index (χ4v) is 2.79. The highest BCUT2D eigenvalue weighted by Crippen LogP contribution is 2.17. The Morgan fingerprint density at radius 3 is 3.00 bits per heavy atom. The van der Waals surface area contributed by atoms with Crippen molar-refractivity contribution in [3.8, 4) is 0 Å². The number of nitrogens with zero attached hydrogens (tertiary/aromatic N) is 2. The number of thiazole rings is 1. The highest BCUT2D eigenvalue weighted by molar-refractivity contribution is 7.09. The van der Waals surface area contributed by atoms with Crippen LogP contribution in [0.1, 0.15) is 36.4 Å². The molecule has 1 aromatic rings. The van der Waals surface area contributed by atoms with E-state index in [0.717, 1.165) is 17.1 Å². The first-order valence-electron chi connectivity index (χ1n) is 6.21. The topological polar surface area (TPSA) is 63.3 Å². The minimum atomic E-state index is 0.542. The average Bonchev–Trinajstić information content (AvgIpc) is 2.90. The van der Waals surface area contributed by atoms with Crippen molar-refractivity contribution < 1.29 is 0 Å². The van der Waals surface area contributed by atoms with Crippen molar-refractivity contribution in [1.29, 1.82) is 0 Å². The summed E-state index contributed by atoms with van der Waals surface area (Å²) in [5.74, 6) is 0.587. The van der Waals surface area contributed by atoms with E-state index in [2.05, 4.69) is 20.7 Å². The Hall–Kier alpha value is -1.10. The fourth-order valence-electron chi connectivity index (χ4n) is 2.14. The molecule has 0 unspecified atom stereocenters. The minimum Gasteiger partial charge on any atom is -0.370 e. The van der Waals surface area contributed by atoms with E-state index in [1.807, 2.05) is 6.92 Å². The SMILES string of the molecule is Cc1nc(CCN=C(N)NC2CCCC2)cs1. The van der Waals surface area contributed by atoms with Crippen LogP contribution in [0.2, 0.25) is 0 Å². The van der Waals surface area contributed by atoms with Gasteiger partial charge < -0.3 is 11.1 Å². The molecule has 17 heavy (non-hydrogen) atoms. The summed E-state index contributed by atoms with van der Waals surface area (Å²) in [7, 11) is 0. The summed E-state index contributed by atoms with van der Waals surface area (Å²) in [5, 5.41) is 6.48. The van der Waals surface area contributed by atoms with Gasteiger partial charge >= 0.3 is 0 Å². The van der Waals surface area contributed by atoms with Crippen LogP contribution < -0.4 is 11.1 Å². The van der Waals surface area contributed by atoms with Gasteiger partial charge in [-0.3, -0.25) is 4.99 Å². The fraction of sp³-hybridized carbons (Fsp3) is 0.667. The molecular weight excluding hydrogens is 232 g/mol. The van der Waals surface area contributed by atoms with Gasteiger partial charge in [-0.2, -0.15) is 0 Å². The summed E-state index contributed by atoms with van der Waals surface area (Å²) in [5.41, 5.74) is 6.96. The lowest BCUT2D eigenvalue weighted by molar-refractivity contribution is 0.625. The molecule has 1 aliphatic carbocycles. The Morgan fingerprint density at radius 2 is 2.35 bits per heavy atom. The molecular formula is C12H20N4S. The van der Waals surface area contributed by atoms with Gasteiger partial charge in [-0.25, -0.2) is 4.98 Å². The second-order valence-electron chi connectivity index (χ2n) is 4.50. The van der Waals surface area contributed by atoms with E-state index in [0.29, 0.717) is 18.5 Å². The number of hydrogen-bond acceptors (Lipinski definition) is 3. The van der Waals surface area contributed by atoms with E-state index in [4.69, 9.17) is 5.73 Å². The molecule has 3 N–H and O–H groups in total. The third-order valence-corrected chi connectivity index (χ3v) is 3.85. The summed E-state index contributed by atoms with van der Waals surface area (Å²) in [6.45, 7) is 2.74. The van der Waals surface area contributed by atoms with Crippen LogP contribution in [0.4, 0.5) is 0 Å². The molecule has 0 atom stereocenters. The number of hydrogen-bond donors (Lipinski definition) is 2. The molecule has 0 amide bonds. The third kappa shape index (κ3) is 4.00. The highest BCUT2D eigenvalue weighted by Gasteiger charge is 2.14. The number of rotatable bonds is 4. The van der Waals surface area contributed by atoms with Gasteiger partial charge in [0.05, 0.1) is 10.7 Å². The molecule has 0 spiro atoms. The van der Waals surface area contributed by atoms with Crippen LogP contribution in [-0.2, 0) is 6.42 Å². The van der Waals surface area contributed by atoms with E-state index >= 15 is 0 Å². The molecule has 4 nitrogen and oxygen atoms in total. The Labute approximate surface area is 106 Å². The lowest BCUT2D eigenvalue weighted by Gasteiger charge is -2.11.